The maximum Gasteiger partial charge on any atom is 0.262 e. The van der Waals surface area contributed by atoms with Crippen molar-refractivity contribution in [3.8, 4) is 0 Å². The lowest BCUT2D eigenvalue weighted by Gasteiger charge is -2.29. The number of carbonyl (C=O) groups is 1. The zero-order valence-electron chi connectivity index (χ0n) is 14.5. The molecule has 1 atom stereocenters. The lowest BCUT2D eigenvalue weighted by atomic mass is 9.87. The lowest BCUT2D eigenvalue weighted by molar-refractivity contribution is -0.749. The quantitative estimate of drug-likeness (QED) is 0.608. The van der Waals surface area contributed by atoms with Crippen LogP contribution in [-0.2, 0) is 5.41 Å². The molecule has 0 heterocycles. The Bertz CT molecular complexity index is 537. The number of nitrogens with one attached hydrogen (secondary N) is 1. The van der Waals surface area contributed by atoms with Gasteiger partial charge in [-0.25, -0.2) is 0 Å². The summed E-state index contributed by atoms with van der Waals surface area (Å²) in [4.78, 5) is 12.4. The van der Waals surface area contributed by atoms with E-state index >= 15 is 0 Å². The number of benzene rings is 1. The Balaban J connectivity index is 2.91. The molecule has 1 amide bonds. The number of hydrogen-bond donors (Lipinski definition) is 2. The minimum Gasteiger partial charge on any atom is -0.319 e. The summed E-state index contributed by atoms with van der Waals surface area (Å²) in [5.41, 5.74) is 1.54. The molecule has 0 saturated carbocycles. The van der Waals surface area contributed by atoms with Gasteiger partial charge in [0.2, 0.25) is 6.17 Å². The first-order valence-corrected chi connectivity index (χ1v) is 8.68. The second kappa shape index (κ2) is 7.18. The van der Waals surface area contributed by atoms with Crippen LogP contribution in [0.1, 0.15) is 57.5 Å². The van der Waals surface area contributed by atoms with Gasteiger partial charge in [-0.3, -0.25) is 10.1 Å². The predicted octanol–water partition coefficient (Wildman–Crippen LogP) is 3.77. The van der Waals surface area contributed by atoms with Crippen LogP contribution in [0, 0.1) is 0 Å². The van der Waals surface area contributed by atoms with Gasteiger partial charge in [-0.2, -0.15) is 0 Å². The standard InChI is InChI=1S/C17H25Cl3N2O/c1-15(2,3)12-9-7-11(8-10-12)13(23)21-14(17(18,19)20)22-16(4,5)6/h7-10,14,22H,1-6H3,(H,21,23)/p+1/t14-/m0/s1. The number of carbonyl (C=O) groups excluding carboxylic acids is 1. The SMILES string of the molecule is CC(C)(C)[NH2+][C@H](NC(=O)c1ccc(C(C)(C)C)cc1)C(Cl)(Cl)Cl. The van der Waals surface area contributed by atoms with E-state index in [9.17, 15) is 4.79 Å². The molecule has 0 aliphatic heterocycles. The third kappa shape index (κ3) is 6.88. The minimum atomic E-state index is -1.60. The number of halogens is 3. The molecular formula is C17H26Cl3N2O+. The predicted molar refractivity (Wildman–Crippen MR) is 98.4 cm³/mol. The Morgan fingerprint density at radius 1 is 1.00 bits per heavy atom. The van der Waals surface area contributed by atoms with Crippen LogP contribution in [0.2, 0.25) is 0 Å². The van der Waals surface area contributed by atoms with Crippen molar-refractivity contribution in [1.29, 1.82) is 0 Å². The van der Waals surface area contributed by atoms with Crippen LogP contribution >= 0.6 is 34.8 Å². The molecule has 1 aromatic rings. The van der Waals surface area contributed by atoms with Crippen molar-refractivity contribution in [3.05, 3.63) is 35.4 Å². The Hall–Kier alpha value is -0.480. The molecule has 0 unspecified atom stereocenters. The average molecular weight is 381 g/mol. The van der Waals surface area contributed by atoms with Crippen LogP contribution in [0.4, 0.5) is 0 Å². The third-order valence-electron chi connectivity index (χ3n) is 3.32. The van der Waals surface area contributed by atoms with E-state index in [1.54, 1.807) is 12.1 Å². The van der Waals surface area contributed by atoms with E-state index < -0.39 is 9.96 Å². The van der Waals surface area contributed by atoms with E-state index in [1.807, 2.05) is 38.2 Å². The fourth-order valence-corrected chi connectivity index (χ4v) is 2.42. The van der Waals surface area contributed by atoms with Gasteiger partial charge in [0.1, 0.15) is 0 Å². The highest BCUT2D eigenvalue weighted by Crippen LogP contribution is 2.28. The zero-order valence-corrected chi connectivity index (χ0v) is 16.8. The monoisotopic (exact) mass is 379 g/mol. The molecule has 23 heavy (non-hydrogen) atoms. The van der Waals surface area contributed by atoms with Gasteiger partial charge in [-0.05, 0) is 43.9 Å². The normalized spacial score (nSPS) is 14.5. The highest BCUT2D eigenvalue weighted by Gasteiger charge is 2.40. The van der Waals surface area contributed by atoms with Crippen LogP contribution in [0.5, 0.6) is 0 Å². The summed E-state index contributed by atoms with van der Waals surface area (Å²) in [6, 6.07) is 7.49. The maximum absolute atomic E-state index is 12.4. The minimum absolute atomic E-state index is 0.0368. The van der Waals surface area contributed by atoms with E-state index in [0.29, 0.717) is 5.56 Å². The number of quaternary nitrogens is 1. The van der Waals surface area contributed by atoms with Crippen LogP contribution in [0.25, 0.3) is 0 Å². The first kappa shape index (κ1) is 20.6. The van der Waals surface area contributed by atoms with Gasteiger partial charge < -0.3 is 5.32 Å². The van der Waals surface area contributed by atoms with Crippen molar-refractivity contribution < 1.29 is 10.1 Å². The average Bonchev–Trinajstić information content (AvgIpc) is 2.34. The topological polar surface area (TPSA) is 45.7 Å². The summed E-state index contributed by atoms with van der Waals surface area (Å²) in [6.07, 6.45) is -0.678. The molecule has 3 nitrogen and oxygen atoms in total. The van der Waals surface area contributed by atoms with Gasteiger partial charge in [0.25, 0.3) is 9.70 Å². The second-order valence-corrected chi connectivity index (χ2v) is 10.2. The van der Waals surface area contributed by atoms with Crippen LogP contribution in [0.3, 0.4) is 0 Å². The largest absolute Gasteiger partial charge is 0.319 e. The summed E-state index contributed by atoms with van der Waals surface area (Å²) >= 11 is 18.0. The first-order chi connectivity index (χ1) is 10.2. The van der Waals surface area contributed by atoms with Crippen molar-refractivity contribution in [1.82, 2.24) is 5.32 Å². The highest BCUT2D eigenvalue weighted by atomic mass is 35.6. The molecule has 0 aliphatic carbocycles. The van der Waals surface area contributed by atoms with Gasteiger partial charge in [0.05, 0.1) is 5.54 Å². The van der Waals surface area contributed by atoms with Crippen LogP contribution < -0.4 is 10.6 Å². The van der Waals surface area contributed by atoms with E-state index in [2.05, 4.69) is 26.1 Å². The Labute approximate surface area is 154 Å². The molecule has 0 spiro atoms. The van der Waals surface area contributed by atoms with Gasteiger partial charge in [0.15, 0.2) is 0 Å². The molecule has 0 aromatic heterocycles. The van der Waals surface area contributed by atoms with E-state index in [4.69, 9.17) is 34.8 Å². The molecule has 0 saturated heterocycles. The third-order valence-corrected chi connectivity index (χ3v) is 4.02. The van der Waals surface area contributed by atoms with Crippen molar-refractivity contribution in [3.63, 3.8) is 0 Å². The number of nitrogens with two attached hydrogens (primary N) is 1. The van der Waals surface area contributed by atoms with E-state index in [-0.39, 0.29) is 16.9 Å². The summed E-state index contributed by atoms with van der Waals surface area (Å²) in [5, 5.41) is 4.63. The molecule has 1 rings (SSSR count). The maximum atomic E-state index is 12.4. The summed E-state index contributed by atoms with van der Waals surface area (Å²) in [6.45, 7) is 12.3. The fraction of sp³-hybridized carbons (Fsp3) is 0.588. The smallest absolute Gasteiger partial charge is 0.262 e. The highest BCUT2D eigenvalue weighted by molar-refractivity contribution is 6.68. The molecule has 0 fully saturated rings. The number of amides is 1. The Kier molecular flexibility index (Phi) is 6.42. The number of rotatable bonds is 3. The van der Waals surface area contributed by atoms with Crippen molar-refractivity contribution >= 4 is 40.7 Å². The fourth-order valence-electron chi connectivity index (χ4n) is 2.06. The van der Waals surface area contributed by atoms with Gasteiger partial charge in [-0.15, -0.1) is 0 Å². The molecule has 130 valence electrons. The van der Waals surface area contributed by atoms with Gasteiger partial charge in [-0.1, -0.05) is 67.7 Å². The van der Waals surface area contributed by atoms with Crippen LogP contribution in [0.15, 0.2) is 24.3 Å². The van der Waals surface area contributed by atoms with Gasteiger partial charge >= 0.3 is 0 Å². The summed E-state index contributed by atoms with van der Waals surface area (Å²) < 4.78 is -1.60. The number of alkyl halides is 3. The summed E-state index contributed by atoms with van der Waals surface area (Å²) in [5.74, 6) is -0.262. The summed E-state index contributed by atoms with van der Waals surface area (Å²) in [7, 11) is 0. The van der Waals surface area contributed by atoms with Crippen molar-refractivity contribution in [2.45, 2.75) is 62.5 Å². The molecule has 0 bridgehead atoms. The first-order valence-electron chi connectivity index (χ1n) is 7.54. The van der Waals surface area contributed by atoms with Gasteiger partial charge in [0, 0.05) is 5.56 Å². The van der Waals surface area contributed by atoms with Crippen LogP contribution in [-0.4, -0.2) is 21.4 Å². The molecule has 6 heteroatoms. The molecule has 3 N–H and O–H groups in total. The van der Waals surface area contributed by atoms with E-state index in [0.717, 1.165) is 5.56 Å². The zero-order chi connectivity index (χ0) is 18.1. The molecular weight excluding hydrogens is 355 g/mol. The van der Waals surface area contributed by atoms with Crippen molar-refractivity contribution in [2.24, 2.45) is 0 Å². The Morgan fingerprint density at radius 2 is 1.48 bits per heavy atom. The molecule has 1 aromatic carbocycles. The van der Waals surface area contributed by atoms with E-state index in [1.165, 1.54) is 0 Å². The molecule has 0 radical (unpaired) electrons. The lowest BCUT2D eigenvalue weighted by Crippen LogP contribution is -3.03. The molecule has 0 aliphatic rings. The number of hydrogen-bond acceptors (Lipinski definition) is 1. The van der Waals surface area contributed by atoms with Crippen molar-refractivity contribution in [2.75, 3.05) is 0 Å². The Morgan fingerprint density at radius 3 is 1.83 bits per heavy atom. The second-order valence-electron chi connectivity index (χ2n) is 7.85.